The van der Waals surface area contributed by atoms with Crippen molar-refractivity contribution in [3.05, 3.63) is 11.8 Å². The number of aliphatic carboxylic acids is 1. The van der Waals surface area contributed by atoms with Crippen LogP contribution in [0, 0.1) is 10.8 Å². The Bertz CT molecular complexity index is 410. The van der Waals surface area contributed by atoms with E-state index in [1.165, 1.54) is 11.0 Å². The summed E-state index contributed by atoms with van der Waals surface area (Å²) in [5.74, 6) is -0.435. The highest BCUT2D eigenvalue weighted by Crippen LogP contribution is 2.07. The van der Waals surface area contributed by atoms with E-state index in [4.69, 9.17) is 15.9 Å². The van der Waals surface area contributed by atoms with Crippen LogP contribution < -0.4 is 0 Å². The smallest absolute Gasteiger partial charge is 0.353 e. The number of rotatable bonds is 5. The van der Waals surface area contributed by atoms with Crippen LogP contribution in [0.3, 0.4) is 0 Å². The first-order chi connectivity index (χ1) is 8.31. The normalized spacial score (nSPS) is 12.2. The molecule has 0 unspecified atom stereocenters. The Morgan fingerprint density at radius 3 is 2.28 bits per heavy atom. The standard InChI is InChI=1S/C12H20N4O2/c1-5-6-15-10(4)16(9(3)13)8(2)7-11(14)12(17)18/h7,13-14H,5-6H2,1-4H3,(H,17,18)/b8-7-,13-9?,14-11?,15-10?. The molecule has 0 amide bonds. The van der Waals surface area contributed by atoms with Crippen LogP contribution in [-0.2, 0) is 4.79 Å². The maximum Gasteiger partial charge on any atom is 0.353 e. The van der Waals surface area contributed by atoms with Crippen LogP contribution >= 0.6 is 0 Å². The van der Waals surface area contributed by atoms with Crippen molar-refractivity contribution in [1.29, 1.82) is 10.8 Å². The Balaban J connectivity index is 5.19. The van der Waals surface area contributed by atoms with E-state index in [-0.39, 0.29) is 5.84 Å². The molecule has 0 aliphatic rings. The second-order valence-electron chi connectivity index (χ2n) is 3.85. The van der Waals surface area contributed by atoms with E-state index >= 15 is 0 Å². The van der Waals surface area contributed by atoms with Crippen LogP contribution in [0.1, 0.15) is 34.1 Å². The second kappa shape index (κ2) is 7.37. The molecule has 6 nitrogen and oxygen atoms in total. The number of carbonyl (C=O) groups is 1. The molecule has 18 heavy (non-hydrogen) atoms. The lowest BCUT2D eigenvalue weighted by molar-refractivity contribution is -0.129. The van der Waals surface area contributed by atoms with Gasteiger partial charge in [0.05, 0.1) is 0 Å². The number of allylic oxidation sites excluding steroid dienone is 1. The van der Waals surface area contributed by atoms with E-state index in [1.54, 1.807) is 20.8 Å². The number of hydrogen-bond donors (Lipinski definition) is 3. The number of hydrogen-bond acceptors (Lipinski definition) is 4. The minimum atomic E-state index is -1.29. The molecule has 3 N–H and O–H groups in total. The topological polar surface area (TPSA) is 101 Å². The van der Waals surface area contributed by atoms with Gasteiger partial charge in [0.25, 0.3) is 0 Å². The Morgan fingerprint density at radius 1 is 1.33 bits per heavy atom. The molecule has 0 fully saturated rings. The van der Waals surface area contributed by atoms with Crippen LogP contribution in [0.15, 0.2) is 16.8 Å². The molecular weight excluding hydrogens is 232 g/mol. The monoisotopic (exact) mass is 252 g/mol. The summed E-state index contributed by atoms with van der Waals surface area (Å²) in [6.07, 6.45) is 2.11. The van der Waals surface area contributed by atoms with Gasteiger partial charge in [-0.2, -0.15) is 0 Å². The molecule has 0 aromatic carbocycles. The fourth-order valence-corrected chi connectivity index (χ4v) is 1.44. The van der Waals surface area contributed by atoms with Crippen molar-refractivity contribution in [1.82, 2.24) is 4.90 Å². The number of amidine groups is 2. The fraction of sp³-hybridized carbons (Fsp3) is 0.500. The van der Waals surface area contributed by atoms with Crippen LogP contribution in [-0.4, -0.2) is 39.9 Å². The minimum absolute atomic E-state index is 0.235. The van der Waals surface area contributed by atoms with E-state index in [9.17, 15) is 4.79 Å². The van der Waals surface area contributed by atoms with Crippen LogP contribution in [0.5, 0.6) is 0 Å². The summed E-state index contributed by atoms with van der Waals surface area (Å²) in [4.78, 5) is 16.4. The molecule has 0 aliphatic carbocycles. The zero-order valence-corrected chi connectivity index (χ0v) is 11.2. The highest BCUT2D eigenvalue weighted by Gasteiger charge is 2.13. The Hall–Kier alpha value is -1.98. The number of nitrogens with one attached hydrogen (secondary N) is 2. The van der Waals surface area contributed by atoms with Crippen molar-refractivity contribution in [3.63, 3.8) is 0 Å². The Labute approximate surface area is 107 Å². The Morgan fingerprint density at radius 2 is 1.89 bits per heavy atom. The van der Waals surface area contributed by atoms with Gasteiger partial charge in [-0.25, -0.2) is 4.79 Å². The molecule has 0 atom stereocenters. The van der Waals surface area contributed by atoms with Gasteiger partial charge in [-0.1, -0.05) is 6.92 Å². The lowest BCUT2D eigenvalue weighted by atomic mass is 10.2. The minimum Gasteiger partial charge on any atom is -0.477 e. The van der Waals surface area contributed by atoms with Crippen molar-refractivity contribution in [2.75, 3.05) is 6.54 Å². The quantitative estimate of drug-likeness (QED) is 0.516. The van der Waals surface area contributed by atoms with Crippen molar-refractivity contribution in [2.45, 2.75) is 34.1 Å². The molecule has 0 aromatic rings. The third-order valence-corrected chi connectivity index (χ3v) is 2.16. The van der Waals surface area contributed by atoms with Gasteiger partial charge in [-0.05, 0) is 33.3 Å². The molecule has 6 heteroatoms. The second-order valence-corrected chi connectivity index (χ2v) is 3.85. The first-order valence-electron chi connectivity index (χ1n) is 5.67. The lowest BCUT2D eigenvalue weighted by Crippen LogP contribution is -2.32. The van der Waals surface area contributed by atoms with Gasteiger partial charge < -0.3 is 5.11 Å². The zero-order valence-electron chi connectivity index (χ0n) is 11.2. The van der Waals surface area contributed by atoms with Crippen molar-refractivity contribution >= 4 is 23.4 Å². The first-order valence-corrected chi connectivity index (χ1v) is 5.67. The van der Waals surface area contributed by atoms with Crippen LogP contribution in [0.2, 0.25) is 0 Å². The highest BCUT2D eigenvalue weighted by atomic mass is 16.4. The van der Waals surface area contributed by atoms with Gasteiger partial charge in [0, 0.05) is 12.2 Å². The van der Waals surface area contributed by atoms with Crippen molar-refractivity contribution < 1.29 is 9.90 Å². The van der Waals surface area contributed by atoms with Gasteiger partial charge in [0.1, 0.15) is 17.4 Å². The summed E-state index contributed by atoms with van der Waals surface area (Å²) in [6.45, 7) is 7.66. The molecule has 0 saturated carbocycles. The largest absolute Gasteiger partial charge is 0.477 e. The number of carboxylic acid groups (broad SMARTS) is 1. The molecule has 0 saturated heterocycles. The zero-order chi connectivity index (χ0) is 14.3. The molecule has 0 aromatic heterocycles. The highest BCUT2D eigenvalue weighted by molar-refractivity contribution is 6.39. The Kier molecular flexibility index (Phi) is 6.56. The molecule has 0 bridgehead atoms. The van der Waals surface area contributed by atoms with Crippen molar-refractivity contribution in [2.24, 2.45) is 4.99 Å². The van der Waals surface area contributed by atoms with E-state index in [1.807, 2.05) is 6.92 Å². The maximum atomic E-state index is 10.6. The number of aliphatic imine (C=N–C) groups is 1. The average Bonchev–Trinajstić information content (AvgIpc) is 2.25. The van der Waals surface area contributed by atoms with Gasteiger partial charge >= 0.3 is 5.97 Å². The summed E-state index contributed by atoms with van der Waals surface area (Å²) in [6, 6.07) is 0. The molecule has 0 rings (SSSR count). The van der Waals surface area contributed by atoms with E-state index in [0.29, 0.717) is 18.1 Å². The SMILES string of the molecule is CCCN=C(C)N(C(C)=N)/C(C)=C\C(=N)C(=O)O. The summed E-state index contributed by atoms with van der Waals surface area (Å²) < 4.78 is 0. The third-order valence-electron chi connectivity index (χ3n) is 2.16. The number of carboxylic acids is 1. The molecule has 100 valence electrons. The molecule has 0 radical (unpaired) electrons. The van der Waals surface area contributed by atoms with Gasteiger partial charge in [-0.15, -0.1) is 0 Å². The molecule has 0 spiro atoms. The lowest BCUT2D eigenvalue weighted by Gasteiger charge is -2.23. The van der Waals surface area contributed by atoms with Gasteiger partial charge in [0.2, 0.25) is 0 Å². The van der Waals surface area contributed by atoms with Crippen LogP contribution in [0.4, 0.5) is 0 Å². The van der Waals surface area contributed by atoms with Gasteiger partial charge in [-0.3, -0.25) is 20.7 Å². The predicted octanol–water partition coefficient (Wildman–Crippen LogP) is 2.12. The molecule has 0 aliphatic heterocycles. The van der Waals surface area contributed by atoms with Gasteiger partial charge in [0.15, 0.2) is 0 Å². The van der Waals surface area contributed by atoms with Crippen LogP contribution in [0.25, 0.3) is 0 Å². The average molecular weight is 252 g/mol. The third kappa shape index (κ3) is 4.90. The number of nitrogens with zero attached hydrogens (tertiary/aromatic N) is 2. The summed E-state index contributed by atoms with van der Waals surface area (Å²) >= 11 is 0. The molecular formula is C12H20N4O2. The first kappa shape index (κ1) is 16.0. The fourth-order valence-electron chi connectivity index (χ4n) is 1.44. The van der Waals surface area contributed by atoms with Crippen molar-refractivity contribution in [3.8, 4) is 0 Å². The summed E-state index contributed by atoms with van der Waals surface area (Å²) in [7, 11) is 0. The van der Waals surface area contributed by atoms with E-state index in [0.717, 1.165) is 6.42 Å². The maximum absolute atomic E-state index is 10.6. The predicted molar refractivity (Wildman–Crippen MR) is 72.6 cm³/mol. The molecule has 0 heterocycles. The summed E-state index contributed by atoms with van der Waals surface area (Å²) in [5, 5.41) is 23.6. The van der Waals surface area contributed by atoms with E-state index in [2.05, 4.69) is 4.99 Å². The summed E-state index contributed by atoms with van der Waals surface area (Å²) in [5.41, 5.74) is -0.0192. The van der Waals surface area contributed by atoms with E-state index < -0.39 is 11.7 Å².